The Morgan fingerprint density at radius 1 is 1.12 bits per heavy atom. The molecule has 2 heterocycles. The first-order valence-corrected chi connectivity index (χ1v) is 12.3. The van der Waals surface area contributed by atoms with Crippen molar-refractivity contribution in [2.75, 3.05) is 29.9 Å². The number of thiazole rings is 1. The molecule has 0 aliphatic carbocycles. The zero-order valence-electron chi connectivity index (χ0n) is 19.6. The second kappa shape index (κ2) is 10.7. The highest BCUT2D eigenvalue weighted by Crippen LogP contribution is 2.28. The number of aromatic nitrogens is 1. The van der Waals surface area contributed by atoms with Crippen molar-refractivity contribution < 1.29 is 19.1 Å². The Hall–Kier alpha value is -3.39. The average molecular weight is 480 g/mol. The van der Waals surface area contributed by atoms with Crippen LogP contribution in [0.5, 0.6) is 11.5 Å². The third-order valence-corrected chi connectivity index (χ3v) is 6.43. The standard InChI is InChI=1S/C26H29N3O4S/c1-4-32-21-11-7-20(8-12-21)29-14-23(15-29)33-22-9-5-19(6-10-22)17(2)13-25(31)24-16-34-26(28-24)27-18(3)30/h5-12,16-17,23H,4,13-15H2,1-3H3,(H,27,28,30)/t17-/m1/s1. The van der Waals surface area contributed by atoms with E-state index in [0.29, 0.717) is 23.9 Å². The van der Waals surface area contributed by atoms with Crippen molar-refractivity contribution in [2.24, 2.45) is 0 Å². The summed E-state index contributed by atoms with van der Waals surface area (Å²) < 4.78 is 11.6. The summed E-state index contributed by atoms with van der Waals surface area (Å²) in [6, 6.07) is 16.1. The van der Waals surface area contributed by atoms with E-state index in [1.807, 2.05) is 50.2 Å². The molecule has 1 amide bonds. The van der Waals surface area contributed by atoms with E-state index in [1.165, 1.54) is 23.9 Å². The first kappa shape index (κ1) is 23.8. The number of hydrogen-bond acceptors (Lipinski definition) is 7. The van der Waals surface area contributed by atoms with Gasteiger partial charge >= 0.3 is 0 Å². The lowest BCUT2D eigenvalue weighted by Gasteiger charge is -2.40. The number of nitrogens with one attached hydrogen (secondary N) is 1. The van der Waals surface area contributed by atoms with Crippen LogP contribution in [0.4, 0.5) is 10.8 Å². The Morgan fingerprint density at radius 3 is 2.44 bits per heavy atom. The highest BCUT2D eigenvalue weighted by Gasteiger charge is 2.28. The van der Waals surface area contributed by atoms with Crippen LogP contribution in [0.2, 0.25) is 0 Å². The number of Topliss-reactive ketones (excluding diaryl/α,β-unsaturated/α-hetero) is 1. The number of carbonyl (C=O) groups is 2. The molecule has 8 heteroatoms. The topological polar surface area (TPSA) is 80.8 Å². The molecule has 1 fully saturated rings. The van der Waals surface area contributed by atoms with Crippen molar-refractivity contribution >= 4 is 33.8 Å². The molecule has 1 aromatic heterocycles. The van der Waals surface area contributed by atoms with Gasteiger partial charge in [0.2, 0.25) is 5.91 Å². The Kier molecular flexibility index (Phi) is 7.47. The number of benzene rings is 2. The largest absolute Gasteiger partial charge is 0.494 e. The van der Waals surface area contributed by atoms with Gasteiger partial charge in [-0.2, -0.15) is 0 Å². The van der Waals surface area contributed by atoms with Gasteiger partial charge in [0.1, 0.15) is 23.3 Å². The van der Waals surface area contributed by atoms with Crippen LogP contribution in [0.3, 0.4) is 0 Å². The van der Waals surface area contributed by atoms with E-state index in [9.17, 15) is 9.59 Å². The van der Waals surface area contributed by atoms with Crippen molar-refractivity contribution in [3.63, 3.8) is 0 Å². The molecule has 1 N–H and O–H groups in total. The summed E-state index contributed by atoms with van der Waals surface area (Å²) in [4.78, 5) is 30.2. The maximum atomic E-state index is 12.6. The zero-order valence-corrected chi connectivity index (χ0v) is 20.4. The normalized spacial score (nSPS) is 14.3. The molecule has 1 atom stereocenters. The summed E-state index contributed by atoms with van der Waals surface area (Å²) in [6.07, 6.45) is 0.502. The Balaban J connectivity index is 1.25. The van der Waals surface area contributed by atoms with Gasteiger partial charge in [-0.05, 0) is 54.8 Å². The molecule has 2 aromatic carbocycles. The van der Waals surface area contributed by atoms with Crippen molar-refractivity contribution in [3.05, 3.63) is 65.2 Å². The smallest absolute Gasteiger partial charge is 0.223 e. The van der Waals surface area contributed by atoms with Crippen LogP contribution < -0.4 is 19.7 Å². The van der Waals surface area contributed by atoms with Crippen molar-refractivity contribution in [2.45, 2.75) is 39.2 Å². The van der Waals surface area contributed by atoms with E-state index >= 15 is 0 Å². The van der Waals surface area contributed by atoms with Crippen molar-refractivity contribution in [3.8, 4) is 11.5 Å². The third-order valence-electron chi connectivity index (χ3n) is 5.68. The molecule has 1 saturated heterocycles. The molecule has 3 aromatic rings. The second-order valence-electron chi connectivity index (χ2n) is 8.39. The fraction of sp³-hybridized carbons (Fsp3) is 0.346. The van der Waals surface area contributed by atoms with E-state index in [1.54, 1.807) is 5.38 Å². The number of carbonyl (C=O) groups excluding carboxylic acids is 2. The zero-order chi connectivity index (χ0) is 24.1. The molecular weight excluding hydrogens is 450 g/mol. The molecule has 0 radical (unpaired) electrons. The Bertz CT molecular complexity index is 1120. The molecule has 1 aliphatic rings. The van der Waals surface area contributed by atoms with Crippen LogP contribution >= 0.6 is 11.3 Å². The van der Waals surface area contributed by atoms with Gasteiger partial charge in [0, 0.05) is 24.4 Å². The molecule has 1 aliphatic heterocycles. The summed E-state index contributed by atoms with van der Waals surface area (Å²) in [5.74, 6) is 1.53. The minimum absolute atomic E-state index is 0.0375. The fourth-order valence-electron chi connectivity index (χ4n) is 3.82. The van der Waals surface area contributed by atoms with Gasteiger partial charge in [-0.3, -0.25) is 9.59 Å². The van der Waals surface area contributed by atoms with Gasteiger partial charge in [0.25, 0.3) is 0 Å². The lowest BCUT2D eigenvalue weighted by molar-refractivity contribution is -0.114. The van der Waals surface area contributed by atoms with Crippen LogP contribution in [-0.2, 0) is 4.79 Å². The second-order valence-corrected chi connectivity index (χ2v) is 9.25. The quantitative estimate of drug-likeness (QED) is 0.405. The van der Waals surface area contributed by atoms with Crippen molar-refractivity contribution in [1.82, 2.24) is 4.98 Å². The fourth-order valence-corrected chi connectivity index (χ4v) is 4.58. The van der Waals surface area contributed by atoms with E-state index in [2.05, 4.69) is 27.3 Å². The number of hydrogen-bond donors (Lipinski definition) is 1. The minimum Gasteiger partial charge on any atom is -0.494 e. The maximum Gasteiger partial charge on any atom is 0.223 e. The summed E-state index contributed by atoms with van der Waals surface area (Å²) in [5.41, 5.74) is 2.63. The van der Waals surface area contributed by atoms with E-state index in [-0.39, 0.29) is 23.7 Å². The molecule has 4 rings (SSSR count). The molecule has 0 bridgehead atoms. The molecule has 178 valence electrons. The van der Waals surface area contributed by atoms with Gasteiger partial charge in [-0.25, -0.2) is 4.98 Å². The molecule has 34 heavy (non-hydrogen) atoms. The summed E-state index contributed by atoms with van der Waals surface area (Å²) in [6.45, 7) is 7.77. The van der Waals surface area contributed by atoms with Gasteiger partial charge in [-0.1, -0.05) is 19.1 Å². The van der Waals surface area contributed by atoms with Gasteiger partial charge in [0.15, 0.2) is 10.9 Å². The highest BCUT2D eigenvalue weighted by molar-refractivity contribution is 7.14. The number of rotatable bonds is 10. The van der Waals surface area contributed by atoms with Crippen molar-refractivity contribution in [1.29, 1.82) is 0 Å². The maximum absolute atomic E-state index is 12.6. The van der Waals surface area contributed by atoms with Gasteiger partial charge in [0.05, 0.1) is 19.7 Å². The molecule has 7 nitrogen and oxygen atoms in total. The van der Waals surface area contributed by atoms with Crippen LogP contribution in [0, 0.1) is 0 Å². The molecular formula is C26H29N3O4S. The van der Waals surface area contributed by atoms with E-state index in [0.717, 1.165) is 30.2 Å². The van der Waals surface area contributed by atoms with E-state index < -0.39 is 0 Å². The number of ketones is 1. The molecule has 0 saturated carbocycles. The van der Waals surface area contributed by atoms with Crippen LogP contribution in [0.15, 0.2) is 53.9 Å². The van der Waals surface area contributed by atoms with E-state index in [4.69, 9.17) is 9.47 Å². The lowest BCUT2D eigenvalue weighted by Crippen LogP contribution is -2.54. The summed E-state index contributed by atoms with van der Waals surface area (Å²) >= 11 is 1.26. The highest BCUT2D eigenvalue weighted by atomic mass is 32.1. The van der Waals surface area contributed by atoms with Gasteiger partial charge < -0.3 is 19.7 Å². The number of amides is 1. The Labute approximate surface area is 203 Å². The lowest BCUT2D eigenvalue weighted by atomic mass is 9.95. The third kappa shape index (κ3) is 5.94. The number of nitrogens with zero attached hydrogens (tertiary/aromatic N) is 2. The predicted molar refractivity (Wildman–Crippen MR) is 134 cm³/mol. The SMILES string of the molecule is CCOc1ccc(N2CC(Oc3ccc([C@H](C)CC(=O)c4csc(NC(C)=O)n4)cc3)C2)cc1. The van der Waals surface area contributed by atoms with Crippen LogP contribution in [0.25, 0.3) is 0 Å². The predicted octanol–water partition coefficient (Wildman–Crippen LogP) is 5.14. The minimum atomic E-state index is -0.199. The molecule has 0 spiro atoms. The number of anilines is 2. The Morgan fingerprint density at radius 2 is 1.79 bits per heavy atom. The summed E-state index contributed by atoms with van der Waals surface area (Å²) in [5, 5.41) is 4.74. The average Bonchev–Trinajstić information content (AvgIpc) is 3.25. The summed E-state index contributed by atoms with van der Waals surface area (Å²) in [7, 11) is 0. The van der Waals surface area contributed by atoms with Crippen LogP contribution in [0.1, 0.15) is 49.2 Å². The monoisotopic (exact) mass is 479 g/mol. The van der Waals surface area contributed by atoms with Crippen LogP contribution in [-0.4, -0.2) is 42.5 Å². The van der Waals surface area contributed by atoms with Gasteiger partial charge in [-0.15, -0.1) is 11.3 Å². The molecule has 0 unspecified atom stereocenters. The number of ether oxygens (including phenoxy) is 2. The first-order valence-electron chi connectivity index (χ1n) is 11.4. The first-order chi connectivity index (χ1) is 16.4.